The monoisotopic (exact) mass is 1610 g/mol. The maximum atomic E-state index is 14.4. The second-order valence-corrected chi connectivity index (χ2v) is 27.9. The molecule has 2 aromatic carbocycles. The molecule has 0 aliphatic rings. The van der Waals surface area contributed by atoms with Gasteiger partial charge in [-0.25, -0.2) is 4.79 Å². The summed E-state index contributed by atoms with van der Waals surface area (Å²) in [4.78, 5) is 193. The van der Waals surface area contributed by atoms with E-state index >= 15 is 0 Å². The van der Waals surface area contributed by atoms with Crippen molar-refractivity contribution in [3.05, 3.63) is 59.7 Å². The second kappa shape index (κ2) is 49.0. The van der Waals surface area contributed by atoms with Crippen LogP contribution in [0.5, 0.6) is 11.5 Å². The van der Waals surface area contributed by atoms with Crippen LogP contribution in [0.15, 0.2) is 48.5 Å². The first-order chi connectivity index (χ1) is 52.1. The zero-order valence-electron chi connectivity index (χ0n) is 62.0. The molecule has 2 rings (SSSR count). The van der Waals surface area contributed by atoms with Crippen molar-refractivity contribution in [2.45, 2.75) is 194 Å². The second-order valence-electron chi connectivity index (χ2n) is 26.4. The lowest BCUT2D eigenvalue weighted by Crippen LogP contribution is -2.64. The van der Waals surface area contributed by atoms with Crippen molar-refractivity contribution in [2.24, 2.45) is 45.9 Å². The van der Waals surface area contributed by atoms with Crippen LogP contribution in [0.3, 0.4) is 0 Å². The number of amides is 13. The number of carbonyl (C=O) groups excluding carboxylic acids is 13. The van der Waals surface area contributed by atoms with Gasteiger partial charge in [-0.15, -0.1) is 0 Å². The Bertz CT molecular complexity index is 3490. The molecule has 0 aliphatic carbocycles. The van der Waals surface area contributed by atoms with Gasteiger partial charge in [0.2, 0.25) is 76.8 Å². The minimum absolute atomic E-state index is 0.0417. The van der Waals surface area contributed by atoms with E-state index in [1.54, 1.807) is 0 Å². The standard InChI is InChI=1S/C66H110N24O19S2/c1-31(91)48(72)60(105)85-43(27-33-9-13-35(93)14-10-33)58(103)90-50(66(3,4)111)62(107)86-44(29-47(71)95)57(102)80-37(7-5-25-77-64(73)74)51(96)82-42(20-24-70)56(101)89-49(32(2)92)61(106)84-41(19-23-69)54(99)81-40(18-22-68)55(100)88-46(30-110)59(104)83-39(17-21-67)53(98)79-38(8-6-26-78-65(75)76)52(97)87-45(63(108)109)28-34-11-15-36(94)16-12-34/h9-16,31-32,37-46,48-50,91-94,110-111H,5-8,17-30,67-70,72H2,1-4H3,(H2,71,95)(H,79,98)(H,80,102)(H,81,99)(H,82,96)(H,83,104)(H,84,106)(H,85,105)(H,86,107)(H,87,97)(H,88,100)(H,89,101)(H,90,103)(H,108,109)(H4,73,74,77)(H4,75,76,78)/t31-,32-,37+,38+,39+,40+,41-,42+,43+,44+,45+,46+,48+,49+,50-/m1/s1. The van der Waals surface area contributed by atoms with Gasteiger partial charge in [0.1, 0.15) is 90.0 Å². The zero-order chi connectivity index (χ0) is 84.0. The molecule has 0 heterocycles. The van der Waals surface area contributed by atoms with E-state index in [1.807, 2.05) is 0 Å². The Morgan fingerprint density at radius 1 is 0.423 bits per heavy atom. The summed E-state index contributed by atoms with van der Waals surface area (Å²) >= 11 is 8.72. The van der Waals surface area contributed by atoms with Gasteiger partial charge in [0.05, 0.1) is 18.6 Å². The normalized spacial score (nSPS) is 15.3. The third-order valence-corrected chi connectivity index (χ3v) is 17.2. The van der Waals surface area contributed by atoms with E-state index in [-0.39, 0.29) is 115 Å². The molecule has 0 aliphatic heterocycles. The maximum Gasteiger partial charge on any atom is 0.326 e. The van der Waals surface area contributed by atoms with E-state index < -0.39 is 202 Å². The van der Waals surface area contributed by atoms with E-state index in [0.29, 0.717) is 11.1 Å². The van der Waals surface area contributed by atoms with Gasteiger partial charge in [0.15, 0.2) is 11.9 Å². The lowest BCUT2D eigenvalue weighted by Gasteiger charge is -2.33. The maximum absolute atomic E-state index is 14.4. The fraction of sp³-hybridized carbons (Fsp3) is 0.576. The zero-order valence-corrected chi connectivity index (χ0v) is 63.8. The van der Waals surface area contributed by atoms with Crippen molar-refractivity contribution in [3.8, 4) is 11.5 Å². The van der Waals surface area contributed by atoms with Gasteiger partial charge in [-0.05, 0) is 141 Å². The lowest BCUT2D eigenvalue weighted by atomic mass is 9.99. The molecular weight excluding hydrogens is 1500 g/mol. The highest BCUT2D eigenvalue weighted by molar-refractivity contribution is 7.81. The number of rotatable bonds is 51. The van der Waals surface area contributed by atoms with Crippen LogP contribution in [0.4, 0.5) is 0 Å². The molecule has 0 radical (unpaired) electrons. The number of aliphatic hydroxyl groups is 2. The molecule has 2 aromatic rings. The predicted octanol–water partition coefficient (Wildman–Crippen LogP) is -10.7. The molecule has 0 saturated heterocycles. The number of nitrogens with two attached hydrogens (primary N) is 8. The molecule has 111 heavy (non-hydrogen) atoms. The number of aromatic hydroxyl groups is 2. The van der Waals surface area contributed by atoms with Crippen molar-refractivity contribution < 1.29 is 92.7 Å². The Labute approximate surface area is 651 Å². The molecule has 620 valence electrons. The number of primary amides is 1. The van der Waals surface area contributed by atoms with Crippen molar-refractivity contribution in [1.29, 1.82) is 10.8 Å². The number of carboxylic acids is 1. The first-order valence-corrected chi connectivity index (χ1v) is 36.3. The largest absolute Gasteiger partial charge is 0.508 e. The highest BCUT2D eigenvalue weighted by atomic mass is 32.1. The lowest BCUT2D eigenvalue weighted by molar-refractivity contribution is -0.142. The van der Waals surface area contributed by atoms with Crippen molar-refractivity contribution >= 4 is 120 Å². The van der Waals surface area contributed by atoms with Gasteiger partial charge in [0, 0.05) is 36.4 Å². The quantitative estimate of drug-likeness (QED) is 0.0127. The number of thiol groups is 2. The topological polar surface area (TPSA) is 764 Å². The van der Waals surface area contributed by atoms with Crippen LogP contribution in [0.2, 0.25) is 0 Å². The molecule has 43 nitrogen and oxygen atoms in total. The number of nitrogens with one attached hydrogen (secondary N) is 16. The number of carboxylic acid groups (broad SMARTS) is 1. The van der Waals surface area contributed by atoms with Crippen LogP contribution >= 0.6 is 25.3 Å². The Morgan fingerprint density at radius 2 is 0.730 bits per heavy atom. The van der Waals surface area contributed by atoms with Crippen LogP contribution in [0, 0.1) is 10.8 Å². The number of hydrogen-bond acceptors (Lipinski definition) is 27. The third-order valence-electron chi connectivity index (χ3n) is 16.6. The first kappa shape index (κ1) is 96.7. The van der Waals surface area contributed by atoms with Crippen molar-refractivity contribution in [3.63, 3.8) is 0 Å². The van der Waals surface area contributed by atoms with Crippen LogP contribution < -0.4 is 120 Å². The van der Waals surface area contributed by atoms with Crippen LogP contribution in [0.25, 0.3) is 0 Å². The Kier molecular flexibility index (Phi) is 42.6. The highest BCUT2D eigenvalue weighted by Crippen LogP contribution is 2.20. The molecule has 0 spiro atoms. The molecule has 0 aromatic heterocycles. The van der Waals surface area contributed by atoms with Gasteiger partial charge >= 0.3 is 5.97 Å². The minimum atomic E-state index is -1.94. The Morgan fingerprint density at radius 3 is 1.06 bits per heavy atom. The number of carbonyl (C=O) groups is 14. The Hall–Kier alpha value is -10.4. The van der Waals surface area contributed by atoms with Gasteiger partial charge in [-0.1, -0.05) is 24.3 Å². The predicted molar refractivity (Wildman–Crippen MR) is 409 cm³/mol. The summed E-state index contributed by atoms with van der Waals surface area (Å²) in [6, 6.07) is -10.1. The molecule has 0 fully saturated rings. The van der Waals surface area contributed by atoms with Crippen molar-refractivity contribution in [1.82, 2.24) is 74.4 Å². The SMILES string of the molecule is C[C@@H](O)[C@H](N)C(=O)N[C@@H](Cc1ccc(O)cc1)C(=O)N[C@H](C(=O)N[C@@H](CC(N)=O)C(=O)N[C@@H](CCCNC(=N)N)C(=O)N[C@@H](CCN)C(=O)N[C@H](C(=O)N[C@H](CCN)C(=O)N[C@@H](CCN)C(=O)N[C@@H](CS)C(=O)N[C@@H](CCN)C(=O)N[C@@H](CCCNC(=N)N)C(=O)N[C@@H](Cc1ccc(O)cc1)C(=O)O)[C@@H](C)O)C(C)(C)S. The fourth-order valence-electron chi connectivity index (χ4n) is 10.5. The summed E-state index contributed by atoms with van der Waals surface area (Å²) in [5.74, 6) is -16.9. The number of guanidine groups is 2. The van der Waals surface area contributed by atoms with Gasteiger partial charge < -0.3 is 146 Å². The van der Waals surface area contributed by atoms with Gasteiger partial charge in [0.25, 0.3) is 0 Å². The molecule has 0 unspecified atom stereocenters. The van der Waals surface area contributed by atoms with Crippen molar-refractivity contribution in [2.75, 3.05) is 45.0 Å². The number of phenolic OH excluding ortho intramolecular Hbond substituents is 2. The van der Waals surface area contributed by atoms with E-state index in [1.165, 1.54) is 69.3 Å². The molecule has 45 heteroatoms. The smallest absolute Gasteiger partial charge is 0.326 e. The Balaban J connectivity index is 2.40. The van der Waals surface area contributed by atoms with Crippen LogP contribution in [-0.2, 0) is 80.0 Å². The first-order valence-electron chi connectivity index (χ1n) is 35.2. The molecule has 0 bridgehead atoms. The molecule has 15 atom stereocenters. The average molecular weight is 1610 g/mol. The van der Waals surface area contributed by atoms with Crippen LogP contribution in [0.1, 0.15) is 96.6 Å². The molecular formula is C66H110N24O19S2. The summed E-state index contributed by atoms with van der Waals surface area (Å²) in [6.45, 7) is 3.98. The number of benzene rings is 2. The summed E-state index contributed by atoms with van der Waals surface area (Å²) in [7, 11) is 0. The van der Waals surface area contributed by atoms with E-state index in [2.05, 4.69) is 99.7 Å². The highest BCUT2D eigenvalue weighted by Gasteiger charge is 2.41. The summed E-state index contributed by atoms with van der Waals surface area (Å²) in [6.07, 6.45) is -6.21. The minimum Gasteiger partial charge on any atom is -0.508 e. The molecule has 13 amide bonds. The van der Waals surface area contributed by atoms with E-state index in [0.717, 1.165) is 6.92 Å². The number of aliphatic hydroxyl groups excluding tert-OH is 2. The van der Waals surface area contributed by atoms with E-state index in [4.69, 9.17) is 56.7 Å². The molecule has 0 saturated carbocycles. The van der Waals surface area contributed by atoms with Crippen LogP contribution in [-0.4, -0.2) is 261 Å². The number of aliphatic carboxylic acids is 1. The van der Waals surface area contributed by atoms with Gasteiger partial charge in [-0.3, -0.25) is 73.1 Å². The third kappa shape index (κ3) is 35.4. The van der Waals surface area contributed by atoms with Gasteiger partial charge in [-0.2, -0.15) is 25.3 Å². The fourth-order valence-corrected chi connectivity index (χ4v) is 10.9. The molecule has 37 N–H and O–H groups in total. The average Bonchev–Trinajstić information content (AvgIpc) is 0.830. The summed E-state index contributed by atoms with van der Waals surface area (Å²) in [5, 5.41) is 99.6. The van der Waals surface area contributed by atoms with E-state index in [9.17, 15) is 92.7 Å². The number of phenols is 2. The summed E-state index contributed by atoms with van der Waals surface area (Å²) in [5.41, 5.74) is 46.5. The number of hydrogen-bond donors (Lipinski definition) is 31. The summed E-state index contributed by atoms with van der Waals surface area (Å²) < 4.78 is -1.51.